The van der Waals surface area contributed by atoms with Crippen molar-refractivity contribution >= 4 is 17.6 Å². The van der Waals surface area contributed by atoms with Gasteiger partial charge in [-0.15, -0.1) is 0 Å². The molecule has 2 aromatic rings. The lowest BCUT2D eigenvalue weighted by Gasteiger charge is -2.35. The van der Waals surface area contributed by atoms with Crippen molar-refractivity contribution in [3.8, 4) is 0 Å². The molecule has 0 amide bonds. The third-order valence-corrected chi connectivity index (χ3v) is 4.66. The molecule has 0 nitrogen and oxygen atoms in total. The van der Waals surface area contributed by atoms with Crippen LogP contribution in [0, 0.1) is 0 Å². The smallest absolute Gasteiger partial charge is 0.0846 e. The first-order valence-electron chi connectivity index (χ1n) is 7.42. The fourth-order valence-corrected chi connectivity index (χ4v) is 3.74. The second-order valence-corrected chi connectivity index (χ2v) is 5.78. The first-order chi connectivity index (χ1) is 9.93. The van der Waals surface area contributed by atoms with E-state index in [1.165, 1.54) is 22.9 Å². The molecule has 0 bridgehead atoms. The third-order valence-electron chi connectivity index (χ3n) is 4.66. The average Bonchev–Trinajstić information content (AvgIpc) is 2.53. The molecule has 1 atom stereocenters. The van der Waals surface area contributed by atoms with Crippen LogP contribution >= 0.6 is 0 Å². The minimum atomic E-state index is 0.511. The lowest BCUT2D eigenvalue weighted by Crippen LogP contribution is -2.51. The van der Waals surface area contributed by atoms with Crippen molar-refractivity contribution in [2.75, 3.05) is 0 Å². The summed E-state index contributed by atoms with van der Waals surface area (Å²) in [5.41, 5.74) is 6.07. The first-order valence-corrected chi connectivity index (χ1v) is 7.42. The molecule has 20 heavy (non-hydrogen) atoms. The number of hydrogen-bond acceptors (Lipinski definition) is 0. The quantitative estimate of drug-likeness (QED) is 0.688. The summed E-state index contributed by atoms with van der Waals surface area (Å²) in [6, 6.07) is 20.0. The standard InChI is InChI=1S/C19H17B/c1-2-10-17(11-3-1)20-18-12-6-4-8-15(18)14-16-9-5-7-13-19(16)20/h1-12,19H,13-14H2. The van der Waals surface area contributed by atoms with Gasteiger partial charge in [-0.05, 0) is 24.2 Å². The van der Waals surface area contributed by atoms with Crippen molar-refractivity contribution in [2.24, 2.45) is 0 Å². The monoisotopic (exact) mass is 256 g/mol. The molecule has 1 aliphatic heterocycles. The fourth-order valence-electron chi connectivity index (χ4n) is 3.74. The molecule has 0 fully saturated rings. The van der Waals surface area contributed by atoms with Gasteiger partial charge in [-0.3, -0.25) is 0 Å². The largest absolute Gasteiger partial charge is 0.217 e. The number of allylic oxidation sites excluding steroid dienone is 4. The van der Waals surface area contributed by atoms with Crippen LogP contribution in [0.5, 0.6) is 0 Å². The molecule has 1 aliphatic carbocycles. The van der Waals surface area contributed by atoms with Crippen molar-refractivity contribution in [1.82, 2.24) is 0 Å². The van der Waals surface area contributed by atoms with Crippen LogP contribution in [0.25, 0.3) is 0 Å². The van der Waals surface area contributed by atoms with Crippen LogP contribution in [0.2, 0.25) is 5.82 Å². The van der Waals surface area contributed by atoms with Crippen LogP contribution in [-0.2, 0) is 6.42 Å². The number of hydrogen-bond donors (Lipinski definition) is 0. The van der Waals surface area contributed by atoms with Gasteiger partial charge in [0.15, 0.2) is 0 Å². The first kappa shape index (κ1) is 11.8. The number of benzene rings is 2. The zero-order valence-electron chi connectivity index (χ0n) is 11.5. The van der Waals surface area contributed by atoms with E-state index in [4.69, 9.17) is 0 Å². The van der Waals surface area contributed by atoms with Crippen LogP contribution in [0.4, 0.5) is 0 Å². The Morgan fingerprint density at radius 3 is 2.60 bits per heavy atom. The molecule has 0 saturated heterocycles. The highest BCUT2D eigenvalue weighted by molar-refractivity contribution is 6.87. The highest BCUT2D eigenvalue weighted by Crippen LogP contribution is 2.35. The molecule has 96 valence electrons. The Hall–Kier alpha value is -2.02. The van der Waals surface area contributed by atoms with E-state index >= 15 is 0 Å². The van der Waals surface area contributed by atoms with Crippen LogP contribution in [0.3, 0.4) is 0 Å². The Morgan fingerprint density at radius 2 is 1.70 bits per heavy atom. The molecule has 0 saturated carbocycles. The molecular formula is C19H17B. The van der Waals surface area contributed by atoms with E-state index < -0.39 is 0 Å². The van der Waals surface area contributed by atoms with Gasteiger partial charge in [0.05, 0.1) is 0 Å². The van der Waals surface area contributed by atoms with Crippen molar-refractivity contribution < 1.29 is 0 Å². The Kier molecular flexibility index (Phi) is 2.84. The van der Waals surface area contributed by atoms with E-state index in [1.54, 1.807) is 5.57 Å². The molecule has 2 aliphatic rings. The molecule has 2 aromatic carbocycles. The second kappa shape index (κ2) is 4.83. The zero-order valence-corrected chi connectivity index (χ0v) is 11.5. The summed E-state index contributed by atoms with van der Waals surface area (Å²) in [7, 11) is 0. The molecule has 0 N–H and O–H groups in total. The van der Waals surface area contributed by atoms with E-state index in [9.17, 15) is 0 Å². The molecule has 0 aromatic heterocycles. The summed E-state index contributed by atoms with van der Waals surface area (Å²) in [5.74, 6) is 0.636. The summed E-state index contributed by atoms with van der Waals surface area (Å²) in [6.45, 7) is 0.511. The SMILES string of the molecule is C1=CCC2B(c3ccccc3)c3ccccc3CC2=C1. The molecule has 1 unspecified atom stereocenters. The van der Waals surface area contributed by atoms with E-state index in [-0.39, 0.29) is 0 Å². The summed E-state index contributed by atoms with van der Waals surface area (Å²) in [5, 5.41) is 0. The van der Waals surface area contributed by atoms with Crippen LogP contribution in [-0.4, -0.2) is 6.71 Å². The maximum absolute atomic E-state index is 2.33. The molecule has 0 spiro atoms. The molecule has 1 heterocycles. The highest BCUT2D eigenvalue weighted by atomic mass is 14.2. The van der Waals surface area contributed by atoms with Gasteiger partial charge in [-0.25, -0.2) is 0 Å². The summed E-state index contributed by atoms with van der Waals surface area (Å²) < 4.78 is 0. The van der Waals surface area contributed by atoms with E-state index in [2.05, 4.69) is 72.8 Å². The van der Waals surface area contributed by atoms with E-state index in [1.807, 2.05) is 0 Å². The van der Waals surface area contributed by atoms with Gasteiger partial charge in [-0.1, -0.05) is 89.3 Å². The van der Waals surface area contributed by atoms with Crippen molar-refractivity contribution in [1.29, 1.82) is 0 Å². The van der Waals surface area contributed by atoms with Crippen LogP contribution in [0.1, 0.15) is 12.0 Å². The topological polar surface area (TPSA) is 0 Å². The molecule has 1 heteroatoms. The fraction of sp³-hybridized carbons (Fsp3) is 0.158. The molecule has 0 radical (unpaired) electrons. The lowest BCUT2D eigenvalue weighted by molar-refractivity contribution is 0.881. The molecular weight excluding hydrogens is 239 g/mol. The predicted molar refractivity (Wildman–Crippen MR) is 87.2 cm³/mol. The van der Waals surface area contributed by atoms with Crippen LogP contribution in [0.15, 0.2) is 78.4 Å². The van der Waals surface area contributed by atoms with Gasteiger partial charge in [0.2, 0.25) is 6.71 Å². The van der Waals surface area contributed by atoms with E-state index in [0.29, 0.717) is 12.5 Å². The van der Waals surface area contributed by atoms with Gasteiger partial charge in [0.1, 0.15) is 0 Å². The maximum Gasteiger partial charge on any atom is 0.217 e. The summed E-state index contributed by atoms with van der Waals surface area (Å²) in [4.78, 5) is 0. The summed E-state index contributed by atoms with van der Waals surface area (Å²) >= 11 is 0. The maximum atomic E-state index is 2.33. The third kappa shape index (κ3) is 1.86. The summed E-state index contributed by atoms with van der Waals surface area (Å²) in [6.07, 6.45) is 9.16. The Morgan fingerprint density at radius 1 is 0.900 bits per heavy atom. The Bertz CT molecular complexity index is 682. The number of rotatable bonds is 1. The second-order valence-electron chi connectivity index (χ2n) is 5.78. The minimum Gasteiger partial charge on any atom is -0.0846 e. The lowest BCUT2D eigenvalue weighted by atomic mass is 9.29. The number of fused-ring (bicyclic) bond motifs is 2. The van der Waals surface area contributed by atoms with Gasteiger partial charge in [-0.2, -0.15) is 0 Å². The Balaban J connectivity index is 1.90. The average molecular weight is 256 g/mol. The highest BCUT2D eigenvalue weighted by Gasteiger charge is 2.36. The van der Waals surface area contributed by atoms with Crippen molar-refractivity contribution in [3.05, 3.63) is 84.0 Å². The van der Waals surface area contributed by atoms with Gasteiger partial charge < -0.3 is 0 Å². The van der Waals surface area contributed by atoms with Crippen molar-refractivity contribution in [3.63, 3.8) is 0 Å². The van der Waals surface area contributed by atoms with E-state index in [0.717, 1.165) is 6.42 Å². The minimum absolute atomic E-state index is 0.511. The van der Waals surface area contributed by atoms with Gasteiger partial charge in [0.25, 0.3) is 0 Å². The van der Waals surface area contributed by atoms with Gasteiger partial charge >= 0.3 is 0 Å². The van der Waals surface area contributed by atoms with Gasteiger partial charge in [0, 0.05) is 0 Å². The molecule has 4 rings (SSSR count). The normalized spacial score (nSPS) is 20.1. The Labute approximate surface area is 120 Å². The van der Waals surface area contributed by atoms with Crippen LogP contribution < -0.4 is 10.9 Å². The van der Waals surface area contributed by atoms with Crippen molar-refractivity contribution in [2.45, 2.75) is 18.7 Å². The zero-order chi connectivity index (χ0) is 13.4. The predicted octanol–water partition coefficient (Wildman–Crippen LogP) is 3.11.